The Hall–Kier alpha value is -1.47. The van der Waals surface area contributed by atoms with Gasteiger partial charge >= 0.3 is 5.97 Å². The Balaban J connectivity index is 2.32. The molecule has 7 nitrogen and oxygen atoms in total. The molecule has 0 radical (unpaired) electrons. The number of aromatic carboxylic acids is 1. The van der Waals surface area contributed by atoms with Crippen molar-refractivity contribution in [2.75, 3.05) is 13.1 Å². The van der Waals surface area contributed by atoms with Gasteiger partial charge in [0.1, 0.15) is 0 Å². The van der Waals surface area contributed by atoms with Gasteiger partial charge in [-0.15, -0.1) is 5.10 Å². The standard InChI is InChI=1S/C11H18N4O3/c1-7(16)6-15-10(8-2-4-12-5-3-8)9(11(17)18)13-14-15/h7-8,12,16H,2-6H2,1H3,(H,17,18). The van der Waals surface area contributed by atoms with Gasteiger partial charge in [0.05, 0.1) is 18.3 Å². The molecule has 0 saturated carbocycles. The quantitative estimate of drug-likeness (QED) is 0.689. The molecule has 0 aliphatic carbocycles. The highest BCUT2D eigenvalue weighted by Crippen LogP contribution is 2.27. The van der Waals surface area contributed by atoms with Crippen molar-refractivity contribution in [2.24, 2.45) is 0 Å². The van der Waals surface area contributed by atoms with Crippen LogP contribution in [0.4, 0.5) is 0 Å². The van der Waals surface area contributed by atoms with Crippen molar-refractivity contribution < 1.29 is 15.0 Å². The first-order valence-corrected chi connectivity index (χ1v) is 6.15. The monoisotopic (exact) mass is 254 g/mol. The number of nitrogens with one attached hydrogen (secondary N) is 1. The highest BCUT2D eigenvalue weighted by molar-refractivity contribution is 5.86. The lowest BCUT2D eigenvalue weighted by atomic mass is 9.93. The summed E-state index contributed by atoms with van der Waals surface area (Å²) in [6.07, 6.45) is 1.16. The van der Waals surface area contributed by atoms with E-state index in [1.807, 2.05) is 0 Å². The van der Waals surface area contributed by atoms with E-state index in [0.717, 1.165) is 25.9 Å². The smallest absolute Gasteiger partial charge is 0.358 e. The number of carbonyl (C=O) groups is 1. The van der Waals surface area contributed by atoms with E-state index in [2.05, 4.69) is 15.6 Å². The fraction of sp³-hybridized carbons (Fsp3) is 0.727. The third-order valence-corrected chi connectivity index (χ3v) is 3.14. The van der Waals surface area contributed by atoms with Crippen molar-refractivity contribution in [1.82, 2.24) is 20.3 Å². The maximum atomic E-state index is 11.2. The molecular formula is C11H18N4O3. The molecule has 1 aliphatic rings. The van der Waals surface area contributed by atoms with Crippen LogP contribution in [0.1, 0.15) is 41.9 Å². The Morgan fingerprint density at radius 1 is 1.56 bits per heavy atom. The van der Waals surface area contributed by atoms with Crippen molar-refractivity contribution in [3.05, 3.63) is 11.4 Å². The minimum Gasteiger partial charge on any atom is -0.476 e. The van der Waals surface area contributed by atoms with E-state index in [4.69, 9.17) is 5.11 Å². The molecule has 1 aromatic heterocycles. The van der Waals surface area contributed by atoms with Crippen LogP contribution in [0.5, 0.6) is 0 Å². The van der Waals surface area contributed by atoms with Gasteiger partial charge in [0, 0.05) is 5.92 Å². The maximum Gasteiger partial charge on any atom is 0.358 e. The molecule has 1 fully saturated rings. The molecule has 7 heteroatoms. The molecule has 3 N–H and O–H groups in total. The van der Waals surface area contributed by atoms with Crippen molar-refractivity contribution in [2.45, 2.75) is 38.3 Å². The Morgan fingerprint density at radius 3 is 2.78 bits per heavy atom. The van der Waals surface area contributed by atoms with Crippen LogP contribution >= 0.6 is 0 Å². The van der Waals surface area contributed by atoms with Gasteiger partial charge in [-0.25, -0.2) is 9.48 Å². The van der Waals surface area contributed by atoms with E-state index in [9.17, 15) is 9.90 Å². The van der Waals surface area contributed by atoms with Crippen molar-refractivity contribution in [1.29, 1.82) is 0 Å². The number of aromatic nitrogens is 3. The SMILES string of the molecule is CC(O)Cn1nnc(C(=O)O)c1C1CCNCC1. The third-order valence-electron chi connectivity index (χ3n) is 3.14. The van der Waals surface area contributed by atoms with Crippen LogP contribution in [-0.2, 0) is 6.54 Å². The summed E-state index contributed by atoms with van der Waals surface area (Å²) in [4.78, 5) is 11.2. The van der Waals surface area contributed by atoms with Crippen LogP contribution in [0.3, 0.4) is 0 Å². The molecule has 0 bridgehead atoms. The van der Waals surface area contributed by atoms with Gasteiger partial charge in [-0.3, -0.25) is 0 Å². The third kappa shape index (κ3) is 2.68. The summed E-state index contributed by atoms with van der Waals surface area (Å²) in [5, 5.41) is 29.4. The first-order valence-electron chi connectivity index (χ1n) is 6.15. The van der Waals surface area contributed by atoms with E-state index in [1.54, 1.807) is 6.92 Å². The maximum absolute atomic E-state index is 11.2. The number of nitrogens with zero attached hydrogens (tertiary/aromatic N) is 3. The number of piperidine rings is 1. The van der Waals surface area contributed by atoms with Gasteiger partial charge in [-0.05, 0) is 32.9 Å². The molecule has 1 aliphatic heterocycles. The molecule has 1 atom stereocenters. The Morgan fingerprint density at radius 2 is 2.22 bits per heavy atom. The predicted molar refractivity (Wildman–Crippen MR) is 63.5 cm³/mol. The Bertz CT molecular complexity index is 424. The Labute approximate surface area is 105 Å². The number of aliphatic hydroxyl groups is 1. The number of hydrogen-bond acceptors (Lipinski definition) is 5. The first kappa shape index (κ1) is 13.0. The highest BCUT2D eigenvalue weighted by atomic mass is 16.4. The van der Waals surface area contributed by atoms with E-state index in [-0.39, 0.29) is 18.2 Å². The second-order valence-corrected chi connectivity index (χ2v) is 4.68. The van der Waals surface area contributed by atoms with Gasteiger partial charge in [0.15, 0.2) is 5.69 Å². The van der Waals surface area contributed by atoms with E-state index in [1.165, 1.54) is 4.68 Å². The van der Waals surface area contributed by atoms with Crippen molar-refractivity contribution >= 4 is 5.97 Å². The summed E-state index contributed by atoms with van der Waals surface area (Å²) in [5.74, 6) is -0.911. The molecule has 2 heterocycles. The molecule has 1 unspecified atom stereocenters. The van der Waals surface area contributed by atoms with E-state index >= 15 is 0 Å². The molecular weight excluding hydrogens is 236 g/mol. The summed E-state index contributed by atoms with van der Waals surface area (Å²) in [6.45, 7) is 3.65. The number of carboxylic acids is 1. The van der Waals surface area contributed by atoms with Crippen molar-refractivity contribution in [3.8, 4) is 0 Å². The van der Waals surface area contributed by atoms with Crippen LogP contribution < -0.4 is 5.32 Å². The van der Waals surface area contributed by atoms with Crippen LogP contribution in [0, 0.1) is 0 Å². The van der Waals surface area contributed by atoms with Gasteiger partial charge in [0.2, 0.25) is 0 Å². The summed E-state index contributed by atoms with van der Waals surface area (Å²) in [5.41, 5.74) is 0.660. The fourth-order valence-corrected chi connectivity index (χ4v) is 2.36. The van der Waals surface area contributed by atoms with E-state index < -0.39 is 12.1 Å². The summed E-state index contributed by atoms with van der Waals surface area (Å²) in [7, 11) is 0. The van der Waals surface area contributed by atoms with E-state index in [0.29, 0.717) is 5.69 Å². The number of rotatable bonds is 4. The molecule has 0 amide bonds. The second kappa shape index (κ2) is 5.45. The molecule has 18 heavy (non-hydrogen) atoms. The number of carboxylic acid groups (broad SMARTS) is 1. The zero-order valence-electron chi connectivity index (χ0n) is 10.3. The zero-order valence-corrected chi connectivity index (χ0v) is 10.3. The topological polar surface area (TPSA) is 100 Å². The first-order chi connectivity index (χ1) is 8.59. The fourth-order valence-electron chi connectivity index (χ4n) is 2.36. The number of hydrogen-bond donors (Lipinski definition) is 3. The molecule has 0 aromatic carbocycles. The summed E-state index contributed by atoms with van der Waals surface area (Å²) >= 11 is 0. The van der Waals surface area contributed by atoms with Crippen molar-refractivity contribution in [3.63, 3.8) is 0 Å². The minimum absolute atomic E-state index is 0.0163. The molecule has 1 aromatic rings. The second-order valence-electron chi connectivity index (χ2n) is 4.68. The largest absolute Gasteiger partial charge is 0.476 e. The average molecular weight is 254 g/mol. The normalized spacial score (nSPS) is 18.8. The lowest BCUT2D eigenvalue weighted by molar-refractivity contribution is 0.0687. The lowest BCUT2D eigenvalue weighted by Crippen LogP contribution is -2.29. The zero-order chi connectivity index (χ0) is 13.1. The van der Waals surface area contributed by atoms with Crippen LogP contribution in [-0.4, -0.2) is 50.4 Å². The number of aliphatic hydroxyl groups excluding tert-OH is 1. The van der Waals surface area contributed by atoms with Gasteiger partial charge < -0.3 is 15.5 Å². The van der Waals surface area contributed by atoms with Crippen LogP contribution in [0.25, 0.3) is 0 Å². The highest BCUT2D eigenvalue weighted by Gasteiger charge is 2.27. The molecule has 1 saturated heterocycles. The molecule has 2 rings (SSSR count). The lowest BCUT2D eigenvalue weighted by Gasteiger charge is -2.23. The van der Waals surface area contributed by atoms with Crippen LogP contribution in [0.15, 0.2) is 0 Å². The predicted octanol–water partition coefficient (Wildman–Crippen LogP) is -0.176. The summed E-state index contributed by atoms with van der Waals surface area (Å²) < 4.78 is 1.53. The summed E-state index contributed by atoms with van der Waals surface area (Å²) in [6, 6.07) is 0. The Kier molecular flexibility index (Phi) is 3.93. The minimum atomic E-state index is -1.06. The van der Waals surface area contributed by atoms with Gasteiger partial charge in [0.25, 0.3) is 0 Å². The molecule has 0 spiro atoms. The average Bonchev–Trinajstić information content (AvgIpc) is 2.73. The van der Waals surface area contributed by atoms with Gasteiger partial charge in [-0.1, -0.05) is 5.21 Å². The van der Waals surface area contributed by atoms with Crippen LogP contribution in [0.2, 0.25) is 0 Å². The molecule has 100 valence electrons. The van der Waals surface area contributed by atoms with Gasteiger partial charge in [-0.2, -0.15) is 0 Å².